The van der Waals surface area contributed by atoms with Crippen molar-refractivity contribution in [3.8, 4) is 11.5 Å². The monoisotopic (exact) mass is 263 g/mol. The Bertz CT molecular complexity index is 445. The lowest BCUT2D eigenvalue weighted by atomic mass is 9.91. The third kappa shape index (κ3) is 3.40. The molecule has 0 saturated heterocycles. The number of rotatable bonds is 5. The lowest BCUT2D eigenvalue weighted by Crippen LogP contribution is -2.21. The topological polar surface area (TPSA) is 47.6 Å². The predicted octanol–water partition coefficient (Wildman–Crippen LogP) is 2.48. The van der Waals surface area contributed by atoms with Gasteiger partial charge >= 0.3 is 0 Å². The smallest absolute Gasteiger partial charge is 0.220 e. The van der Waals surface area contributed by atoms with Gasteiger partial charge in [0, 0.05) is 13.5 Å². The molecular formula is C15H21NO3. The quantitative estimate of drug-likeness (QED) is 0.887. The number of fused-ring (bicyclic) bond motifs is 1. The molecule has 1 aromatic carbocycles. The van der Waals surface area contributed by atoms with Crippen LogP contribution in [0.2, 0.25) is 0 Å². The van der Waals surface area contributed by atoms with Gasteiger partial charge in [-0.2, -0.15) is 0 Å². The fraction of sp³-hybridized carbons (Fsp3) is 0.533. The van der Waals surface area contributed by atoms with E-state index in [1.165, 1.54) is 0 Å². The summed E-state index contributed by atoms with van der Waals surface area (Å²) in [4.78, 5) is 11.6. The first kappa shape index (κ1) is 13.7. The van der Waals surface area contributed by atoms with Gasteiger partial charge in [-0.25, -0.2) is 0 Å². The highest BCUT2D eigenvalue weighted by molar-refractivity contribution is 5.76. The molecule has 4 nitrogen and oxygen atoms in total. The largest absolute Gasteiger partial charge is 0.486 e. The van der Waals surface area contributed by atoms with Gasteiger partial charge in [0.05, 0.1) is 0 Å². The fourth-order valence-electron chi connectivity index (χ4n) is 2.37. The highest BCUT2D eigenvalue weighted by atomic mass is 16.6. The van der Waals surface area contributed by atoms with Crippen molar-refractivity contribution in [2.45, 2.75) is 32.1 Å². The van der Waals surface area contributed by atoms with Crippen LogP contribution >= 0.6 is 0 Å². The van der Waals surface area contributed by atoms with Crippen LogP contribution in [0, 0.1) is 0 Å². The maximum absolute atomic E-state index is 11.6. The van der Waals surface area contributed by atoms with Gasteiger partial charge in [-0.05, 0) is 30.0 Å². The Balaban J connectivity index is 2.18. The Morgan fingerprint density at radius 2 is 2.05 bits per heavy atom. The van der Waals surface area contributed by atoms with Crippen LogP contribution in [0.1, 0.15) is 37.7 Å². The van der Waals surface area contributed by atoms with Crippen molar-refractivity contribution in [3.05, 3.63) is 23.8 Å². The Hall–Kier alpha value is -1.71. The van der Waals surface area contributed by atoms with Crippen molar-refractivity contribution in [3.63, 3.8) is 0 Å². The highest BCUT2D eigenvalue weighted by Crippen LogP contribution is 2.35. The third-order valence-electron chi connectivity index (χ3n) is 3.39. The Morgan fingerprint density at radius 3 is 2.74 bits per heavy atom. The highest BCUT2D eigenvalue weighted by Gasteiger charge is 2.18. The van der Waals surface area contributed by atoms with Gasteiger partial charge in [0.15, 0.2) is 11.5 Å². The van der Waals surface area contributed by atoms with Gasteiger partial charge in [0.1, 0.15) is 13.2 Å². The van der Waals surface area contributed by atoms with Gasteiger partial charge < -0.3 is 14.8 Å². The Kier molecular flexibility index (Phi) is 4.66. The van der Waals surface area contributed by atoms with E-state index in [2.05, 4.69) is 12.2 Å². The maximum atomic E-state index is 11.6. The number of carbonyl (C=O) groups excluding carboxylic acids is 1. The van der Waals surface area contributed by atoms with E-state index in [1.54, 1.807) is 7.05 Å². The van der Waals surface area contributed by atoms with E-state index in [9.17, 15) is 4.79 Å². The van der Waals surface area contributed by atoms with Crippen molar-refractivity contribution in [2.75, 3.05) is 20.3 Å². The van der Waals surface area contributed by atoms with Crippen LogP contribution in [0.25, 0.3) is 0 Å². The average molecular weight is 263 g/mol. The molecule has 0 aromatic heterocycles. The minimum Gasteiger partial charge on any atom is -0.486 e. The van der Waals surface area contributed by atoms with Crippen molar-refractivity contribution in [1.82, 2.24) is 5.32 Å². The van der Waals surface area contributed by atoms with Gasteiger partial charge in [-0.1, -0.05) is 19.4 Å². The second kappa shape index (κ2) is 6.45. The molecule has 1 amide bonds. The lowest BCUT2D eigenvalue weighted by molar-refractivity contribution is -0.121. The molecular weight excluding hydrogens is 242 g/mol. The molecule has 1 N–H and O–H groups in total. The SMILES string of the molecule is CCCC(CC(=O)NC)c1ccc2c(c1)OCCO2. The molecule has 1 aromatic rings. The minimum absolute atomic E-state index is 0.0772. The summed E-state index contributed by atoms with van der Waals surface area (Å²) in [6.45, 7) is 3.32. The Morgan fingerprint density at radius 1 is 1.32 bits per heavy atom. The van der Waals surface area contributed by atoms with Crippen molar-refractivity contribution in [2.24, 2.45) is 0 Å². The summed E-state index contributed by atoms with van der Waals surface area (Å²) in [5.41, 5.74) is 1.15. The van der Waals surface area contributed by atoms with Gasteiger partial charge in [-0.15, -0.1) is 0 Å². The van der Waals surface area contributed by atoms with Crippen molar-refractivity contribution in [1.29, 1.82) is 0 Å². The summed E-state index contributed by atoms with van der Waals surface area (Å²) >= 11 is 0. The second-order valence-electron chi connectivity index (χ2n) is 4.77. The molecule has 104 valence electrons. The summed E-state index contributed by atoms with van der Waals surface area (Å²) in [6.07, 6.45) is 2.56. The van der Waals surface area contributed by atoms with E-state index >= 15 is 0 Å². The first-order valence-electron chi connectivity index (χ1n) is 6.84. The van der Waals surface area contributed by atoms with Crippen LogP contribution in [-0.2, 0) is 4.79 Å². The molecule has 1 heterocycles. The van der Waals surface area contributed by atoms with Gasteiger partial charge in [0.2, 0.25) is 5.91 Å². The molecule has 0 bridgehead atoms. The number of carbonyl (C=O) groups is 1. The average Bonchev–Trinajstić information content (AvgIpc) is 2.46. The van der Waals surface area contributed by atoms with Crippen LogP contribution in [0.3, 0.4) is 0 Å². The molecule has 1 aliphatic heterocycles. The number of benzene rings is 1. The zero-order valence-electron chi connectivity index (χ0n) is 11.6. The van der Waals surface area contributed by atoms with Crippen LogP contribution < -0.4 is 14.8 Å². The molecule has 1 unspecified atom stereocenters. The van der Waals surface area contributed by atoms with E-state index in [4.69, 9.17) is 9.47 Å². The number of amides is 1. The molecule has 4 heteroatoms. The number of nitrogens with one attached hydrogen (secondary N) is 1. The van der Waals surface area contributed by atoms with E-state index < -0.39 is 0 Å². The molecule has 0 fully saturated rings. The normalized spacial score (nSPS) is 14.8. The summed E-state index contributed by atoms with van der Waals surface area (Å²) < 4.78 is 11.1. The first-order chi connectivity index (χ1) is 9.24. The molecule has 1 aliphatic rings. The molecule has 2 rings (SSSR count). The minimum atomic E-state index is 0.0772. The van der Waals surface area contributed by atoms with Crippen molar-refractivity contribution < 1.29 is 14.3 Å². The molecule has 0 aliphatic carbocycles. The van der Waals surface area contributed by atoms with E-state index in [0.29, 0.717) is 19.6 Å². The van der Waals surface area contributed by atoms with Gasteiger partial charge in [0.25, 0.3) is 0 Å². The molecule has 19 heavy (non-hydrogen) atoms. The molecule has 0 saturated carbocycles. The van der Waals surface area contributed by atoms with E-state index in [0.717, 1.165) is 29.9 Å². The maximum Gasteiger partial charge on any atom is 0.220 e. The van der Waals surface area contributed by atoms with Crippen LogP contribution in [0.15, 0.2) is 18.2 Å². The third-order valence-corrected chi connectivity index (χ3v) is 3.39. The lowest BCUT2D eigenvalue weighted by Gasteiger charge is -2.21. The zero-order chi connectivity index (χ0) is 13.7. The van der Waals surface area contributed by atoms with E-state index in [-0.39, 0.29) is 11.8 Å². The number of hydrogen-bond acceptors (Lipinski definition) is 3. The van der Waals surface area contributed by atoms with Crippen molar-refractivity contribution >= 4 is 5.91 Å². The number of hydrogen-bond donors (Lipinski definition) is 1. The second-order valence-corrected chi connectivity index (χ2v) is 4.77. The first-order valence-corrected chi connectivity index (χ1v) is 6.84. The summed E-state index contributed by atoms with van der Waals surface area (Å²) in [5.74, 6) is 1.90. The fourth-order valence-corrected chi connectivity index (χ4v) is 2.37. The summed E-state index contributed by atoms with van der Waals surface area (Å²) in [7, 11) is 1.68. The molecule has 1 atom stereocenters. The summed E-state index contributed by atoms with van der Waals surface area (Å²) in [6, 6.07) is 5.99. The molecule has 0 spiro atoms. The predicted molar refractivity (Wildman–Crippen MR) is 73.8 cm³/mol. The van der Waals surface area contributed by atoms with Crippen LogP contribution in [0.4, 0.5) is 0 Å². The van der Waals surface area contributed by atoms with Crippen LogP contribution in [-0.4, -0.2) is 26.2 Å². The van der Waals surface area contributed by atoms with Crippen LogP contribution in [0.5, 0.6) is 11.5 Å². The Labute approximate surface area is 114 Å². The zero-order valence-corrected chi connectivity index (χ0v) is 11.6. The van der Waals surface area contributed by atoms with E-state index in [1.807, 2.05) is 18.2 Å². The summed E-state index contributed by atoms with van der Waals surface area (Å²) in [5, 5.41) is 2.69. The number of ether oxygens (including phenoxy) is 2. The standard InChI is InChI=1S/C15H21NO3/c1-3-4-11(10-15(17)16-2)12-5-6-13-14(9-12)19-8-7-18-13/h5-6,9,11H,3-4,7-8,10H2,1-2H3,(H,16,17). The molecule has 0 radical (unpaired) electrons. The van der Waals surface area contributed by atoms with Gasteiger partial charge in [-0.3, -0.25) is 4.79 Å².